The van der Waals surface area contributed by atoms with Crippen LogP contribution in [0.5, 0.6) is 0 Å². The third kappa shape index (κ3) is 4.32. The second-order valence-corrected chi connectivity index (χ2v) is 8.00. The van der Waals surface area contributed by atoms with Crippen LogP contribution in [0, 0.1) is 0 Å². The molecule has 0 spiro atoms. The third-order valence-corrected chi connectivity index (χ3v) is 5.17. The van der Waals surface area contributed by atoms with Crippen molar-refractivity contribution in [2.75, 3.05) is 18.6 Å². The molecule has 0 amide bonds. The molecule has 140 valence electrons. The van der Waals surface area contributed by atoms with Crippen molar-refractivity contribution in [3.63, 3.8) is 0 Å². The smallest absolute Gasteiger partial charge is 0.295 e. The number of nitrogen functional groups attached to an aromatic ring is 2. The van der Waals surface area contributed by atoms with Gasteiger partial charge in [-0.05, 0) is 42.0 Å². The van der Waals surface area contributed by atoms with Gasteiger partial charge in [0.15, 0.2) is 0 Å². The van der Waals surface area contributed by atoms with Gasteiger partial charge in [0.05, 0.1) is 7.11 Å². The van der Waals surface area contributed by atoms with Crippen LogP contribution in [-0.4, -0.2) is 33.1 Å². The Kier molecular flexibility index (Phi) is 5.28. The summed E-state index contributed by atoms with van der Waals surface area (Å²) in [6.07, 6.45) is 1.18. The Labute approximate surface area is 150 Å². The molecule has 0 bridgehead atoms. The van der Waals surface area contributed by atoms with E-state index in [0.29, 0.717) is 0 Å². The summed E-state index contributed by atoms with van der Waals surface area (Å²) in [7, 11) is -8.02. The van der Waals surface area contributed by atoms with Gasteiger partial charge >= 0.3 is 0 Å². The van der Waals surface area contributed by atoms with Crippen LogP contribution >= 0.6 is 0 Å². The first-order valence-electron chi connectivity index (χ1n) is 6.93. The van der Waals surface area contributed by atoms with Gasteiger partial charge in [-0.25, -0.2) is 0 Å². The molecular weight excluding hydrogens is 384 g/mol. The molecule has 9 nitrogen and oxygen atoms in total. The van der Waals surface area contributed by atoms with Crippen molar-refractivity contribution in [1.29, 1.82) is 0 Å². The largest absolute Gasteiger partial charge is 0.496 e. The first-order chi connectivity index (χ1) is 11.9. The van der Waals surface area contributed by atoms with E-state index in [1.165, 1.54) is 37.5 Å². The maximum absolute atomic E-state index is 11.6. The molecule has 11 heteroatoms. The van der Waals surface area contributed by atoms with Crippen molar-refractivity contribution >= 4 is 43.4 Å². The molecule has 0 heterocycles. The summed E-state index contributed by atoms with van der Waals surface area (Å²) in [5.74, 6) is -0.0905. The topological polar surface area (TPSA) is 170 Å². The SMILES string of the molecule is CO/C(=C\c1ccc(N)cc1S(=O)(=O)O)c1ccc(N)cc1S(=O)(=O)O. The first-order valence-corrected chi connectivity index (χ1v) is 9.81. The van der Waals surface area contributed by atoms with Crippen molar-refractivity contribution in [1.82, 2.24) is 0 Å². The highest BCUT2D eigenvalue weighted by Crippen LogP contribution is 2.30. The van der Waals surface area contributed by atoms with Crippen molar-refractivity contribution in [2.45, 2.75) is 9.79 Å². The van der Waals surface area contributed by atoms with Crippen molar-refractivity contribution in [3.05, 3.63) is 47.5 Å². The Hall–Kier alpha value is -2.60. The average molecular weight is 400 g/mol. The van der Waals surface area contributed by atoms with Crippen LogP contribution in [0.1, 0.15) is 11.1 Å². The summed E-state index contributed by atoms with van der Waals surface area (Å²) in [4.78, 5) is -1.01. The lowest BCUT2D eigenvalue weighted by Crippen LogP contribution is -2.06. The Bertz CT molecular complexity index is 1090. The number of hydrogen-bond acceptors (Lipinski definition) is 7. The molecule has 0 saturated heterocycles. The monoisotopic (exact) mass is 400 g/mol. The fourth-order valence-corrected chi connectivity index (χ4v) is 3.68. The summed E-state index contributed by atoms with van der Waals surface area (Å²) in [5, 5.41) is 0. The van der Waals surface area contributed by atoms with Gasteiger partial charge in [-0.2, -0.15) is 16.8 Å². The van der Waals surface area contributed by atoms with E-state index in [-0.39, 0.29) is 28.3 Å². The fourth-order valence-electron chi connectivity index (χ4n) is 2.24. The summed E-state index contributed by atoms with van der Waals surface area (Å²) < 4.78 is 70.3. The maximum atomic E-state index is 11.6. The molecule has 0 aliphatic rings. The van der Waals surface area contributed by atoms with Crippen LogP contribution in [0.2, 0.25) is 0 Å². The van der Waals surface area contributed by atoms with Crippen LogP contribution in [0.15, 0.2) is 46.2 Å². The molecule has 0 radical (unpaired) electrons. The van der Waals surface area contributed by atoms with Gasteiger partial charge in [-0.3, -0.25) is 9.11 Å². The van der Waals surface area contributed by atoms with Gasteiger partial charge in [-0.15, -0.1) is 0 Å². The molecule has 0 aliphatic heterocycles. The minimum atomic E-state index is -4.64. The van der Waals surface area contributed by atoms with Gasteiger partial charge in [0.1, 0.15) is 15.6 Å². The quantitative estimate of drug-likeness (QED) is 0.251. The second kappa shape index (κ2) is 6.96. The number of anilines is 2. The highest BCUT2D eigenvalue weighted by atomic mass is 32.2. The van der Waals surface area contributed by atoms with Gasteiger partial charge in [0.2, 0.25) is 0 Å². The second-order valence-electron chi connectivity index (χ2n) is 5.22. The number of hydrogen-bond donors (Lipinski definition) is 4. The normalized spacial score (nSPS) is 12.8. The lowest BCUT2D eigenvalue weighted by Gasteiger charge is -2.12. The number of rotatable bonds is 5. The molecule has 0 fully saturated rings. The third-order valence-electron chi connectivity index (χ3n) is 3.37. The lowest BCUT2D eigenvalue weighted by molar-refractivity contribution is 0.371. The highest BCUT2D eigenvalue weighted by molar-refractivity contribution is 7.86. The highest BCUT2D eigenvalue weighted by Gasteiger charge is 2.21. The van der Waals surface area contributed by atoms with Gasteiger partial charge in [0.25, 0.3) is 20.2 Å². The number of methoxy groups -OCH3 is 1. The molecule has 0 saturated carbocycles. The van der Waals surface area contributed by atoms with E-state index in [1.54, 1.807) is 0 Å². The Morgan fingerprint density at radius 2 is 1.42 bits per heavy atom. The molecule has 2 aromatic carbocycles. The van der Waals surface area contributed by atoms with Crippen LogP contribution in [0.4, 0.5) is 11.4 Å². The Morgan fingerprint density at radius 3 is 1.92 bits per heavy atom. The predicted octanol–water partition coefficient (Wildman–Crippen LogP) is 1.49. The molecule has 2 rings (SSSR count). The van der Waals surface area contributed by atoms with Crippen LogP contribution < -0.4 is 11.5 Å². The Balaban J connectivity index is 2.77. The van der Waals surface area contributed by atoms with Gasteiger partial charge in [0, 0.05) is 16.9 Å². The molecule has 0 aromatic heterocycles. The molecule has 6 N–H and O–H groups in total. The van der Waals surface area contributed by atoms with Crippen LogP contribution in [0.3, 0.4) is 0 Å². The number of ether oxygens (including phenoxy) is 1. The minimum absolute atomic E-state index is 0.00309. The van der Waals surface area contributed by atoms with E-state index in [1.807, 2.05) is 0 Å². The molecule has 2 aromatic rings. The molecular formula is C15H16N2O7S2. The number of nitrogens with two attached hydrogens (primary N) is 2. The van der Waals surface area contributed by atoms with E-state index in [2.05, 4.69) is 0 Å². The van der Waals surface area contributed by atoms with Gasteiger partial charge < -0.3 is 16.2 Å². The van der Waals surface area contributed by atoms with E-state index in [9.17, 15) is 25.9 Å². The Morgan fingerprint density at radius 1 is 0.923 bits per heavy atom. The van der Waals surface area contributed by atoms with E-state index < -0.39 is 30.0 Å². The van der Waals surface area contributed by atoms with Crippen LogP contribution in [-0.2, 0) is 25.0 Å². The molecule has 26 heavy (non-hydrogen) atoms. The van der Waals surface area contributed by atoms with E-state index in [4.69, 9.17) is 16.2 Å². The fraction of sp³-hybridized carbons (Fsp3) is 0.0667. The standard InChI is InChI=1S/C15H16N2O7S2/c1-24-13(12-5-4-11(17)8-15(12)26(21,22)23)6-9-2-3-10(16)7-14(9)25(18,19)20/h2-8H,16-17H2,1H3,(H,18,19,20)(H,21,22,23)/b13-6-. The zero-order valence-electron chi connectivity index (χ0n) is 13.4. The molecule has 0 unspecified atom stereocenters. The van der Waals surface area contributed by atoms with Gasteiger partial charge in [-0.1, -0.05) is 6.07 Å². The summed E-state index contributed by atoms with van der Waals surface area (Å²) >= 11 is 0. The summed E-state index contributed by atoms with van der Waals surface area (Å²) in [6.45, 7) is 0. The molecule has 0 atom stereocenters. The van der Waals surface area contributed by atoms with Crippen molar-refractivity contribution in [3.8, 4) is 0 Å². The maximum Gasteiger partial charge on any atom is 0.295 e. The van der Waals surface area contributed by atoms with Crippen LogP contribution in [0.25, 0.3) is 11.8 Å². The van der Waals surface area contributed by atoms with E-state index in [0.717, 1.165) is 12.1 Å². The average Bonchev–Trinajstić information content (AvgIpc) is 2.52. The lowest BCUT2D eigenvalue weighted by atomic mass is 10.1. The first kappa shape index (κ1) is 19.7. The zero-order valence-corrected chi connectivity index (χ0v) is 15.1. The van der Waals surface area contributed by atoms with E-state index >= 15 is 0 Å². The minimum Gasteiger partial charge on any atom is -0.496 e. The number of benzene rings is 2. The predicted molar refractivity (Wildman–Crippen MR) is 96.2 cm³/mol. The molecule has 0 aliphatic carbocycles. The zero-order chi connectivity index (χ0) is 19.7. The van der Waals surface area contributed by atoms with Crippen molar-refractivity contribution in [2.24, 2.45) is 0 Å². The summed E-state index contributed by atoms with van der Waals surface area (Å²) in [5.41, 5.74) is 11.2. The summed E-state index contributed by atoms with van der Waals surface area (Å²) in [6, 6.07) is 7.44. The van der Waals surface area contributed by atoms with Crippen molar-refractivity contribution < 1.29 is 30.7 Å².